The van der Waals surface area contributed by atoms with Gasteiger partial charge in [0, 0.05) is 44.6 Å². The number of allylic oxidation sites excluding steroid dienone is 3. The Balaban J connectivity index is 1.65. The van der Waals surface area contributed by atoms with Gasteiger partial charge in [-0.15, -0.1) is 0 Å². The average molecular weight is 433 g/mol. The van der Waals surface area contributed by atoms with Gasteiger partial charge in [0.05, 0.1) is 17.1 Å². The number of piperazine rings is 1. The van der Waals surface area contributed by atoms with Crippen molar-refractivity contribution in [2.24, 2.45) is 11.0 Å². The lowest BCUT2D eigenvalue weighted by molar-refractivity contribution is 0.313. The van der Waals surface area contributed by atoms with Gasteiger partial charge in [-0.05, 0) is 50.6 Å². The molecule has 2 aliphatic heterocycles. The molecule has 0 amide bonds. The van der Waals surface area contributed by atoms with Crippen LogP contribution in [0, 0.1) is 5.92 Å². The molecule has 0 saturated carbocycles. The summed E-state index contributed by atoms with van der Waals surface area (Å²) in [5, 5.41) is 6.47. The molecule has 32 heavy (non-hydrogen) atoms. The number of aromatic nitrogens is 2. The summed E-state index contributed by atoms with van der Waals surface area (Å²) < 4.78 is 1.62. The fourth-order valence-electron chi connectivity index (χ4n) is 3.83. The number of fused-ring (bicyclic) bond motifs is 1. The SMILES string of the molecule is C=C1C=CC(c2cc(=O)n3cc(N4CCN(C)CC4)ccc3n2)=NN1/C=C(/C)C(C)CC. The molecule has 0 aliphatic carbocycles. The lowest BCUT2D eigenvalue weighted by atomic mass is 10.0. The van der Waals surface area contributed by atoms with Crippen LogP contribution in [0.1, 0.15) is 32.9 Å². The van der Waals surface area contributed by atoms with E-state index in [9.17, 15) is 4.79 Å². The highest BCUT2D eigenvalue weighted by Gasteiger charge is 2.17. The predicted molar refractivity (Wildman–Crippen MR) is 131 cm³/mol. The number of hydrazone groups is 1. The Kier molecular flexibility index (Phi) is 6.28. The highest BCUT2D eigenvalue weighted by Crippen LogP contribution is 2.21. The summed E-state index contributed by atoms with van der Waals surface area (Å²) in [6.45, 7) is 14.5. The van der Waals surface area contributed by atoms with E-state index in [1.165, 1.54) is 5.57 Å². The second-order valence-corrected chi connectivity index (χ2v) is 8.72. The van der Waals surface area contributed by atoms with E-state index in [0.29, 0.717) is 23.0 Å². The summed E-state index contributed by atoms with van der Waals surface area (Å²) in [5.41, 5.74) is 4.77. The third kappa shape index (κ3) is 4.53. The summed E-state index contributed by atoms with van der Waals surface area (Å²) in [5.74, 6) is 0.463. The maximum absolute atomic E-state index is 13.0. The predicted octanol–water partition coefficient (Wildman–Crippen LogP) is 3.49. The third-order valence-corrected chi connectivity index (χ3v) is 6.43. The summed E-state index contributed by atoms with van der Waals surface area (Å²) in [6, 6.07) is 5.51. The van der Waals surface area contributed by atoms with Gasteiger partial charge in [0.2, 0.25) is 0 Å². The molecule has 1 fully saturated rings. The van der Waals surface area contributed by atoms with E-state index in [0.717, 1.165) is 44.0 Å². The number of pyridine rings is 1. The number of hydrogen-bond acceptors (Lipinski definition) is 6. The Morgan fingerprint density at radius 1 is 1.22 bits per heavy atom. The highest BCUT2D eigenvalue weighted by molar-refractivity contribution is 6.08. The zero-order chi connectivity index (χ0) is 22.8. The molecule has 1 saturated heterocycles. The van der Waals surface area contributed by atoms with Gasteiger partial charge >= 0.3 is 0 Å². The minimum Gasteiger partial charge on any atom is -0.368 e. The molecule has 4 rings (SSSR count). The standard InChI is InChI=1S/C25H32N6O/c1-6-18(2)19(3)16-31-20(4)7-9-22(27-31)23-15-25(32)30-17-21(8-10-24(30)26-23)29-13-11-28(5)12-14-29/h7-10,15-18H,4,6,11-14H2,1-3,5H3/b19-16-. The number of likely N-dealkylation sites (N-methyl/N-ethyl adjacent to an activating group) is 1. The fraction of sp³-hybridized carbons (Fsp3) is 0.400. The van der Waals surface area contributed by atoms with Crippen molar-refractivity contribution in [1.82, 2.24) is 19.3 Å². The van der Waals surface area contributed by atoms with Gasteiger partial charge in [-0.25, -0.2) is 9.99 Å². The highest BCUT2D eigenvalue weighted by atomic mass is 16.1. The van der Waals surface area contributed by atoms with Crippen LogP contribution < -0.4 is 10.5 Å². The molecule has 168 valence electrons. The molecular weight excluding hydrogens is 400 g/mol. The van der Waals surface area contributed by atoms with Crippen LogP contribution in [-0.4, -0.2) is 58.2 Å². The average Bonchev–Trinajstić information content (AvgIpc) is 2.80. The molecule has 2 aliphatic rings. The fourth-order valence-corrected chi connectivity index (χ4v) is 3.83. The number of hydrogen-bond donors (Lipinski definition) is 0. The summed E-state index contributed by atoms with van der Waals surface area (Å²) in [4.78, 5) is 22.3. The molecule has 7 heteroatoms. The molecular formula is C25H32N6O. The smallest absolute Gasteiger partial charge is 0.258 e. The van der Waals surface area contributed by atoms with E-state index < -0.39 is 0 Å². The maximum atomic E-state index is 13.0. The number of anilines is 1. The molecule has 0 N–H and O–H groups in total. The molecule has 0 bridgehead atoms. The lowest BCUT2D eigenvalue weighted by Crippen LogP contribution is -2.44. The Morgan fingerprint density at radius 3 is 2.69 bits per heavy atom. The Bertz CT molecular complexity index is 1170. The molecule has 1 unspecified atom stereocenters. The topological polar surface area (TPSA) is 56.5 Å². The minimum absolute atomic E-state index is 0.112. The van der Waals surface area contributed by atoms with E-state index in [1.54, 1.807) is 15.5 Å². The summed E-state index contributed by atoms with van der Waals surface area (Å²) >= 11 is 0. The van der Waals surface area contributed by atoms with Crippen LogP contribution in [0.3, 0.4) is 0 Å². The van der Waals surface area contributed by atoms with Crippen molar-refractivity contribution in [1.29, 1.82) is 0 Å². The Labute approximate surface area is 189 Å². The lowest BCUT2D eigenvalue weighted by Gasteiger charge is -2.34. The third-order valence-electron chi connectivity index (χ3n) is 6.43. The molecule has 0 spiro atoms. The van der Waals surface area contributed by atoms with Gasteiger partial charge in [-0.3, -0.25) is 9.20 Å². The summed E-state index contributed by atoms with van der Waals surface area (Å²) in [7, 11) is 2.13. The second kappa shape index (κ2) is 9.12. The van der Waals surface area contributed by atoms with Gasteiger partial charge in [0.25, 0.3) is 5.56 Å². The molecule has 7 nitrogen and oxygen atoms in total. The number of rotatable bonds is 5. The van der Waals surface area contributed by atoms with E-state index in [-0.39, 0.29) is 5.56 Å². The first-order chi connectivity index (χ1) is 15.4. The van der Waals surface area contributed by atoms with Crippen molar-refractivity contribution in [2.75, 3.05) is 38.1 Å². The van der Waals surface area contributed by atoms with Gasteiger partial charge in [0.1, 0.15) is 11.4 Å². The van der Waals surface area contributed by atoms with Crippen LogP contribution in [0.15, 0.2) is 70.5 Å². The largest absolute Gasteiger partial charge is 0.368 e. The molecule has 0 aromatic carbocycles. The van der Waals surface area contributed by atoms with Gasteiger partial charge in [0.15, 0.2) is 0 Å². The maximum Gasteiger partial charge on any atom is 0.258 e. The first-order valence-corrected chi connectivity index (χ1v) is 11.3. The zero-order valence-electron chi connectivity index (χ0n) is 19.5. The van der Waals surface area contributed by atoms with E-state index in [2.05, 4.69) is 44.2 Å². The molecule has 1 atom stereocenters. The molecule has 0 radical (unpaired) electrons. The zero-order valence-corrected chi connectivity index (χ0v) is 19.5. The Morgan fingerprint density at radius 2 is 1.97 bits per heavy atom. The first kappa shape index (κ1) is 22.0. The van der Waals surface area contributed by atoms with E-state index in [1.807, 2.05) is 36.7 Å². The quantitative estimate of drug-likeness (QED) is 0.724. The van der Waals surface area contributed by atoms with Crippen LogP contribution in [0.5, 0.6) is 0 Å². The van der Waals surface area contributed by atoms with E-state index in [4.69, 9.17) is 10.1 Å². The molecule has 4 heterocycles. The first-order valence-electron chi connectivity index (χ1n) is 11.3. The van der Waals surface area contributed by atoms with Crippen molar-refractivity contribution in [3.05, 3.63) is 76.6 Å². The molecule has 2 aromatic rings. The number of nitrogens with zero attached hydrogens (tertiary/aromatic N) is 6. The Hall–Kier alpha value is -3.19. The van der Waals surface area contributed by atoms with Gasteiger partial charge in [-0.1, -0.05) is 26.0 Å². The monoisotopic (exact) mass is 432 g/mol. The van der Waals surface area contributed by atoms with Crippen LogP contribution in [0.25, 0.3) is 5.65 Å². The molecule has 2 aromatic heterocycles. The van der Waals surface area contributed by atoms with E-state index >= 15 is 0 Å². The van der Waals surface area contributed by atoms with Crippen molar-refractivity contribution < 1.29 is 0 Å². The van der Waals surface area contributed by atoms with Crippen LogP contribution in [-0.2, 0) is 0 Å². The summed E-state index contributed by atoms with van der Waals surface area (Å²) in [6.07, 6.45) is 8.74. The van der Waals surface area contributed by atoms with Crippen molar-refractivity contribution >= 4 is 17.0 Å². The second-order valence-electron chi connectivity index (χ2n) is 8.72. The van der Waals surface area contributed by atoms with Crippen molar-refractivity contribution in [2.45, 2.75) is 27.2 Å². The van der Waals surface area contributed by atoms with Crippen LogP contribution in [0.2, 0.25) is 0 Å². The van der Waals surface area contributed by atoms with Crippen LogP contribution in [0.4, 0.5) is 5.69 Å². The van der Waals surface area contributed by atoms with Gasteiger partial charge < -0.3 is 9.80 Å². The minimum atomic E-state index is -0.112. The van der Waals surface area contributed by atoms with Crippen molar-refractivity contribution in [3.8, 4) is 0 Å². The van der Waals surface area contributed by atoms with Crippen molar-refractivity contribution in [3.63, 3.8) is 0 Å². The van der Waals surface area contributed by atoms with Gasteiger partial charge in [-0.2, -0.15) is 5.10 Å². The normalized spacial score (nSPS) is 18.9. The van der Waals surface area contributed by atoms with Crippen LogP contribution >= 0.6 is 0 Å².